The van der Waals surface area contributed by atoms with E-state index in [-0.39, 0.29) is 0 Å². The van der Waals surface area contributed by atoms with E-state index in [4.69, 9.17) is 4.42 Å². The van der Waals surface area contributed by atoms with Gasteiger partial charge in [-0.2, -0.15) is 0 Å². The highest BCUT2D eigenvalue weighted by Crippen LogP contribution is 2.41. The van der Waals surface area contributed by atoms with Crippen LogP contribution >= 0.6 is 0 Å². The number of nitrogens with zero attached hydrogens (tertiary/aromatic N) is 2. The molecule has 3 heterocycles. The zero-order chi connectivity index (χ0) is 33.5. The van der Waals surface area contributed by atoms with Crippen LogP contribution in [0.3, 0.4) is 0 Å². The summed E-state index contributed by atoms with van der Waals surface area (Å²) in [5.41, 5.74) is 13.5. The molecule has 0 saturated carbocycles. The lowest BCUT2D eigenvalue weighted by Gasteiger charge is -2.11. The second kappa shape index (κ2) is 10.8. The fraction of sp³-hybridized carbons (Fsp3) is 0. The van der Waals surface area contributed by atoms with Gasteiger partial charge in [-0.15, -0.1) is 0 Å². The Morgan fingerprint density at radius 3 is 1.76 bits per heavy atom. The normalized spacial score (nSPS) is 11.9. The van der Waals surface area contributed by atoms with E-state index in [1.165, 1.54) is 54.8 Å². The van der Waals surface area contributed by atoms with E-state index in [1.54, 1.807) is 0 Å². The van der Waals surface area contributed by atoms with Crippen LogP contribution in [0.15, 0.2) is 186 Å². The molecule has 51 heavy (non-hydrogen) atoms. The second-order valence-electron chi connectivity index (χ2n) is 13.3. The third-order valence-corrected chi connectivity index (χ3v) is 10.5. The Bertz CT molecular complexity index is 3140. The van der Waals surface area contributed by atoms with E-state index in [0.29, 0.717) is 0 Å². The Labute approximate surface area is 293 Å². The van der Waals surface area contributed by atoms with Crippen molar-refractivity contribution in [2.75, 3.05) is 0 Å². The van der Waals surface area contributed by atoms with Crippen molar-refractivity contribution in [2.24, 2.45) is 0 Å². The van der Waals surface area contributed by atoms with Gasteiger partial charge in [-0.1, -0.05) is 127 Å². The maximum Gasteiger partial charge on any atom is 0.159 e. The molecular formula is C48H30N2O. The van der Waals surface area contributed by atoms with E-state index in [2.05, 4.69) is 185 Å². The summed E-state index contributed by atoms with van der Waals surface area (Å²) in [5, 5.41) is 7.19. The van der Waals surface area contributed by atoms with Crippen molar-refractivity contribution >= 4 is 65.6 Å². The molecule has 0 aliphatic carbocycles. The monoisotopic (exact) mass is 650 g/mol. The first kappa shape index (κ1) is 28.0. The molecule has 11 aromatic rings. The van der Waals surface area contributed by atoms with Gasteiger partial charge in [-0.25, -0.2) is 0 Å². The molecular weight excluding hydrogens is 621 g/mol. The number of rotatable bonds is 4. The minimum absolute atomic E-state index is 0.900. The predicted octanol–water partition coefficient (Wildman–Crippen LogP) is 13.1. The van der Waals surface area contributed by atoms with E-state index in [0.717, 1.165) is 44.3 Å². The molecule has 0 saturated heterocycles. The van der Waals surface area contributed by atoms with Gasteiger partial charge in [-0.05, 0) is 76.9 Å². The van der Waals surface area contributed by atoms with Gasteiger partial charge in [0, 0.05) is 38.0 Å². The van der Waals surface area contributed by atoms with Gasteiger partial charge in [-0.3, -0.25) is 0 Å². The van der Waals surface area contributed by atoms with Crippen molar-refractivity contribution in [2.45, 2.75) is 0 Å². The highest BCUT2D eigenvalue weighted by Gasteiger charge is 2.19. The standard InChI is InChI=1S/C48H30N2O/c1-2-12-31(13-3-1)32-14-10-15-35(28-32)49-42-20-7-5-17-37(42)41-29-33(25-27-44(41)49)34-24-26-38-36-16-4-8-21-43(36)50(46(38)30-34)45-22-11-19-40-39-18-6-9-23-47(39)51-48(40)45/h1-30H. The third-order valence-electron chi connectivity index (χ3n) is 10.5. The van der Waals surface area contributed by atoms with Crippen molar-refractivity contribution in [3.05, 3.63) is 182 Å². The summed E-state index contributed by atoms with van der Waals surface area (Å²) in [7, 11) is 0. The third kappa shape index (κ3) is 4.19. The Balaban J connectivity index is 1.12. The van der Waals surface area contributed by atoms with Gasteiger partial charge in [0.15, 0.2) is 5.58 Å². The molecule has 0 unspecified atom stereocenters. The molecule has 0 atom stereocenters. The molecule has 0 spiro atoms. The lowest BCUT2D eigenvalue weighted by atomic mass is 10.0. The molecule has 0 aliphatic rings. The van der Waals surface area contributed by atoms with Crippen LogP contribution in [0.4, 0.5) is 0 Å². The summed E-state index contributed by atoms with van der Waals surface area (Å²) in [5.74, 6) is 0. The molecule has 3 nitrogen and oxygen atoms in total. The largest absolute Gasteiger partial charge is 0.454 e. The van der Waals surface area contributed by atoms with Crippen molar-refractivity contribution in [1.29, 1.82) is 0 Å². The fourth-order valence-corrected chi connectivity index (χ4v) is 8.20. The molecule has 0 radical (unpaired) electrons. The van der Waals surface area contributed by atoms with Gasteiger partial charge in [0.1, 0.15) is 5.58 Å². The van der Waals surface area contributed by atoms with Crippen LogP contribution in [0.5, 0.6) is 0 Å². The van der Waals surface area contributed by atoms with Crippen molar-refractivity contribution in [1.82, 2.24) is 9.13 Å². The number of para-hydroxylation sites is 4. The minimum Gasteiger partial charge on any atom is -0.454 e. The topological polar surface area (TPSA) is 23.0 Å². The predicted molar refractivity (Wildman–Crippen MR) is 213 cm³/mol. The van der Waals surface area contributed by atoms with Crippen LogP contribution in [-0.2, 0) is 0 Å². The van der Waals surface area contributed by atoms with Crippen LogP contribution in [0.25, 0.3) is 99.2 Å². The summed E-state index contributed by atoms with van der Waals surface area (Å²) >= 11 is 0. The van der Waals surface area contributed by atoms with Crippen molar-refractivity contribution in [3.63, 3.8) is 0 Å². The molecule has 3 heteroatoms. The van der Waals surface area contributed by atoms with Crippen LogP contribution in [-0.4, -0.2) is 9.13 Å². The molecule has 11 rings (SSSR count). The highest BCUT2D eigenvalue weighted by atomic mass is 16.3. The van der Waals surface area contributed by atoms with E-state index in [9.17, 15) is 0 Å². The maximum absolute atomic E-state index is 6.56. The van der Waals surface area contributed by atoms with Crippen molar-refractivity contribution < 1.29 is 4.42 Å². The molecule has 238 valence electrons. The quantitative estimate of drug-likeness (QED) is 0.186. The van der Waals surface area contributed by atoms with Gasteiger partial charge in [0.25, 0.3) is 0 Å². The Morgan fingerprint density at radius 2 is 0.902 bits per heavy atom. The minimum atomic E-state index is 0.900. The smallest absolute Gasteiger partial charge is 0.159 e. The number of furan rings is 1. The average Bonchev–Trinajstić information content (AvgIpc) is 3.86. The Morgan fingerprint density at radius 1 is 0.314 bits per heavy atom. The van der Waals surface area contributed by atoms with Crippen LogP contribution < -0.4 is 0 Å². The molecule has 0 fully saturated rings. The van der Waals surface area contributed by atoms with Gasteiger partial charge in [0.2, 0.25) is 0 Å². The number of aromatic nitrogens is 2. The fourth-order valence-electron chi connectivity index (χ4n) is 8.20. The molecule has 0 bridgehead atoms. The number of hydrogen-bond acceptors (Lipinski definition) is 1. The zero-order valence-corrected chi connectivity index (χ0v) is 27.6. The van der Waals surface area contributed by atoms with Crippen LogP contribution in [0, 0.1) is 0 Å². The molecule has 0 amide bonds. The number of fused-ring (bicyclic) bond motifs is 9. The zero-order valence-electron chi connectivity index (χ0n) is 27.6. The number of benzene rings is 8. The van der Waals surface area contributed by atoms with Gasteiger partial charge < -0.3 is 13.6 Å². The van der Waals surface area contributed by atoms with E-state index >= 15 is 0 Å². The first-order chi connectivity index (χ1) is 25.3. The summed E-state index contributed by atoms with van der Waals surface area (Å²) in [4.78, 5) is 0. The first-order valence-electron chi connectivity index (χ1n) is 17.4. The number of hydrogen-bond donors (Lipinski definition) is 0. The van der Waals surface area contributed by atoms with E-state index < -0.39 is 0 Å². The Hall–Kier alpha value is -6.84. The van der Waals surface area contributed by atoms with Crippen molar-refractivity contribution in [3.8, 4) is 33.6 Å². The molecule has 8 aromatic carbocycles. The summed E-state index contributed by atoms with van der Waals surface area (Å²) in [6.45, 7) is 0. The SMILES string of the molecule is c1ccc(-c2cccc(-n3c4ccccc4c4cc(-c5ccc6c7ccccc7n(-c7cccc8c7oc7ccccc78)c6c5)ccc43)c2)cc1. The van der Waals surface area contributed by atoms with E-state index in [1.807, 2.05) is 6.07 Å². The molecule has 3 aromatic heterocycles. The molecule has 0 N–H and O–H groups in total. The highest BCUT2D eigenvalue weighted by molar-refractivity contribution is 6.14. The van der Waals surface area contributed by atoms with Crippen LogP contribution in [0.2, 0.25) is 0 Å². The average molecular weight is 651 g/mol. The Kier molecular flexibility index (Phi) is 5.96. The lowest BCUT2D eigenvalue weighted by molar-refractivity contribution is 0.666. The van der Waals surface area contributed by atoms with Gasteiger partial charge in [0.05, 0.1) is 27.8 Å². The van der Waals surface area contributed by atoms with Crippen LogP contribution in [0.1, 0.15) is 0 Å². The van der Waals surface area contributed by atoms with Gasteiger partial charge >= 0.3 is 0 Å². The summed E-state index contributed by atoms with van der Waals surface area (Å²) in [6.07, 6.45) is 0. The summed E-state index contributed by atoms with van der Waals surface area (Å²) < 4.78 is 11.3. The summed E-state index contributed by atoms with van der Waals surface area (Å²) in [6, 6.07) is 65.5. The maximum atomic E-state index is 6.56. The second-order valence-corrected chi connectivity index (χ2v) is 13.3. The lowest BCUT2D eigenvalue weighted by Crippen LogP contribution is -1.95. The molecule has 0 aliphatic heterocycles. The first-order valence-corrected chi connectivity index (χ1v) is 17.4.